The second-order valence-corrected chi connectivity index (χ2v) is 6.43. The minimum absolute atomic E-state index is 0.0757. The molecule has 2 amide bonds. The molecule has 2 aromatic rings. The van der Waals surface area contributed by atoms with E-state index < -0.39 is 17.9 Å². The van der Waals surface area contributed by atoms with E-state index in [1.807, 2.05) is 6.92 Å². The molecule has 0 bridgehead atoms. The molecule has 150 valence electrons. The number of carbonyl (C=O) groups is 1. The highest BCUT2D eigenvalue weighted by Crippen LogP contribution is 2.40. The van der Waals surface area contributed by atoms with Gasteiger partial charge in [0.2, 0.25) is 0 Å². The van der Waals surface area contributed by atoms with Gasteiger partial charge < -0.3 is 15.4 Å². The van der Waals surface area contributed by atoms with Crippen LogP contribution >= 0.6 is 0 Å². The maximum Gasteiger partial charge on any atom is 0.433 e. The molecule has 0 atom stereocenters. The molecular formula is C19H21F3N4O2. The molecule has 1 aliphatic carbocycles. The number of hydrogen-bond donors (Lipinski definition) is 2. The van der Waals surface area contributed by atoms with Crippen LogP contribution in [-0.2, 0) is 12.6 Å². The zero-order chi connectivity index (χ0) is 20.1. The zero-order valence-electron chi connectivity index (χ0n) is 15.3. The lowest BCUT2D eigenvalue weighted by molar-refractivity contribution is -0.141. The Kier molecular flexibility index (Phi) is 6.01. The Balaban J connectivity index is 1.59. The van der Waals surface area contributed by atoms with Crippen molar-refractivity contribution in [2.75, 3.05) is 18.5 Å². The summed E-state index contributed by atoms with van der Waals surface area (Å²) in [5, 5.41) is 5.27. The number of para-hydroxylation sites is 2. The topological polar surface area (TPSA) is 76.1 Å². The van der Waals surface area contributed by atoms with Gasteiger partial charge in [0.05, 0.1) is 12.3 Å². The number of ether oxygens (including phenoxy) is 1. The highest BCUT2D eigenvalue weighted by molar-refractivity contribution is 5.90. The minimum Gasteiger partial charge on any atom is -0.492 e. The highest BCUT2D eigenvalue weighted by atomic mass is 19.4. The quantitative estimate of drug-likeness (QED) is 0.740. The summed E-state index contributed by atoms with van der Waals surface area (Å²) < 4.78 is 44.6. The van der Waals surface area contributed by atoms with E-state index in [0.29, 0.717) is 23.7 Å². The molecule has 1 aromatic heterocycles. The zero-order valence-corrected chi connectivity index (χ0v) is 15.3. The standard InChI is InChI=1S/C19H21F3N4O2/c1-2-28-15-6-4-3-5-13(15)25-18(27)23-10-9-17-24-14(12-7-8-12)11-16(26-17)19(20,21)22/h3-6,11-12H,2,7-10H2,1H3,(H2,23,25,27). The van der Waals surface area contributed by atoms with Crippen LogP contribution < -0.4 is 15.4 Å². The van der Waals surface area contributed by atoms with Crippen molar-refractivity contribution in [2.24, 2.45) is 0 Å². The number of rotatable bonds is 7. The van der Waals surface area contributed by atoms with Crippen LogP contribution in [0.5, 0.6) is 5.75 Å². The van der Waals surface area contributed by atoms with Gasteiger partial charge in [-0.05, 0) is 38.0 Å². The summed E-state index contributed by atoms with van der Waals surface area (Å²) in [6.07, 6.45) is -2.74. The van der Waals surface area contributed by atoms with Crippen LogP contribution in [0.15, 0.2) is 30.3 Å². The lowest BCUT2D eigenvalue weighted by Crippen LogP contribution is -2.31. The third-order valence-corrected chi connectivity index (χ3v) is 4.15. The third-order valence-electron chi connectivity index (χ3n) is 4.15. The number of nitrogens with one attached hydrogen (secondary N) is 2. The van der Waals surface area contributed by atoms with Crippen molar-refractivity contribution in [1.29, 1.82) is 0 Å². The second kappa shape index (κ2) is 8.45. The van der Waals surface area contributed by atoms with Crippen LogP contribution in [0.1, 0.15) is 42.9 Å². The van der Waals surface area contributed by atoms with E-state index in [-0.39, 0.29) is 24.7 Å². The molecule has 9 heteroatoms. The summed E-state index contributed by atoms with van der Waals surface area (Å²) in [6, 6.07) is 7.51. The molecule has 0 radical (unpaired) electrons. The van der Waals surface area contributed by atoms with Crippen LogP contribution in [-0.4, -0.2) is 29.2 Å². The molecule has 6 nitrogen and oxygen atoms in total. The van der Waals surface area contributed by atoms with Crippen LogP contribution in [0.4, 0.5) is 23.7 Å². The second-order valence-electron chi connectivity index (χ2n) is 6.43. The number of nitrogens with zero attached hydrogens (tertiary/aromatic N) is 2. The Hall–Kier alpha value is -2.84. The highest BCUT2D eigenvalue weighted by Gasteiger charge is 2.35. The number of urea groups is 1. The molecule has 0 aliphatic heterocycles. The monoisotopic (exact) mass is 394 g/mol. The van der Waals surface area contributed by atoms with E-state index in [4.69, 9.17) is 4.74 Å². The first-order chi connectivity index (χ1) is 13.4. The van der Waals surface area contributed by atoms with E-state index in [0.717, 1.165) is 18.9 Å². The first-order valence-corrected chi connectivity index (χ1v) is 9.08. The van der Waals surface area contributed by atoms with Gasteiger partial charge in [-0.2, -0.15) is 13.2 Å². The summed E-state index contributed by atoms with van der Waals surface area (Å²) in [4.78, 5) is 19.9. The van der Waals surface area contributed by atoms with E-state index >= 15 is 0 Å². The number of hydrogen-bond acceptors (Lipinski definition) is 4. The SMILES string of the molecule is CCOc1ccccc1NC(=O)NCCc1nc(C2CC2)cc(C(F)(F)F)n1. The Morgan fingerprint density at radius 2 is 2.00 bits per heavy atom. The van der Waals surface area contributed by atoms with Gasteiger partial charge >= 0.3 is 12.2 Å². The Morgan fingerprint density at radius 3 is 2.68 bits per heavy atom. The lowest BCUT2D eigenvalue weighted by Gasteiger charge is -2.12. The molecule has 1 saturated carbocycles. The molecule has 0 saturated heterocycles. The van der Waals surface area contributed by atoms with Crippen LogP contribution in [0, 0.1) is 0 Å². The molecule has 0 unspecified atom stereocenters. The Morgan fingerprint density at radius 1 is 1.25 bits per heavy atom. The number of alkyl halides is 3. The van der Waals surface area contributed by atoms with E-state index in [1.165, 1.54) is 0 Å². The van der Waals surface area contributed by atoms with E-state index in [1.54, 1.807) is 24.3 Å². The number of aromatic nitrogens is 2. The first-order valence-electron chi connectivity index (χ1n) is 9.08. The number of carbonyl (C=O) groups excluding carboxylic acids is 1. The van der Waals surface area contributed by atoms with Gasteiger partial charge in [-0.25, -0.2) is 14.8 Å². The van der Waals surface area contributed by atoms with Gasteiger partial charge in [0.25, 0.3) is 0 Å². The fraction of sp³-hybridized carbons (Fsp3) is 0.421. The first kappa shape index (κ1) is 19.9. The average Bonchev–Trinajstić information content (AvgIpc) is 3.48. The molecule has 3 rings (SSSR count). The van der Waals surface area contributed by atoms with Crippen molar-refractivity contribution in [2.45, 2.75) is 38.3 Å². The van der Waals surface area contributed by atoms with Crippen molar-refractivity contribution in [3.63, 3.8) is 0 Å². The van der Waals surface area contributed by atoms with Gasteiger partial charge in [-0.15, -0.1) is 0 Å². The van der Waals surface area contributed by atoms with Gasteiger partial charge in [-0.3, -0.25) is 0 Å². The molecule has 28 heavy (non-hydrogen) atoms. The molecule has 2 N–H and O–H groups in total. The predicted octanol–water partition coefficient (Wildman–Crippen LogP) is 4.14. The lowest BCUT2D eigenvalue weighted by atomic mass is 10.2. The maximum absolute atomic E-state index is 13.0. The van der Waals surface area contributed by atoms with Crippen molar-refractivity contribution >= 4 is 11.7 Å². The third kappa shape index (κ3) is 5.34. The summed E-state index contributed by atoms with van der Waals surface area (Å²) in [7, 11) is 0. The van der Waals surface area contributed by atoms with Crippen LogP contribution in [0.25, 0.3) is 0 Å². The summed E-state index contributed by atoms with van der Waals surface area (Å²) in [6.45, 7) is 2.40. The molecule has 1 fully saturated rings. The Bertz CT molecular complexity index is 838. The molecule has 1 aliphatic rings. The van der Waals surface area contributed by atoms with E-state index in [2.05, 4.69) is 20.6 Å². The van der Waals surface area contributed by atoms with Gasteiger partial charge in [0.15, 0.2) is 0 Å². The van der Waals surface area contributed by atoms with Gasteiger partial charge in [0.1, 0.15) is 17.3 Å². The predicted molar refractivity (Wildman–Crippen MR) is 97.3 cm³/mol. The number of anilines is 1. The number of amides is 2. The van der Waals surface area contributed by atoms with Crippen molar-refractivity contribution in [3.05, 3.63) is 47.5 Å². The van der Waals surface area contributed by atoms with Crippen molar-refractivity contribution in [3.8, 4) is 5.75 Å². The van der Waals surface area contributed by atoms with Crippen molar-refractivity contribution in [1.82, 2.24) is 15.3 Å². The number of benzene rings is 1. The minimum atomic E-state index is -4.52. The fourth-order valence-electron chi connectivity index (χ4n) is 2.67. The number of halogens is 3. The van der Waals surface area contributed by atoms with E-state index in [9.17, 15) is 18.0 Å². The summed E-state index contributed by atoms with van der Waals surface area (Å²) in [5.74, 6) is 0.691. The largest absolute Gasteiger partial charge is 0.492 e. The molecule has 0 spiro atoms. The van der Waals surface area contributed by atoms with Gasteiger partial charge in [0, 0.05) is 24.6 Å². The van der Waals surface area contributed by atoms with Crippen molar-refractivity contribution < 1.29 is 22.7 Å². The van der Waals surface area contributed by atoms with Crippen LogP contribution in [0.2, 0.25) is 0 Å². The molecule has 1 aromatic carbocycles. The molecular weight excluding hydrogens is 373 g/mol. The smallest absolute Gasteiger partial charge is 0.433 e. The average molecular weight is 394 g/mol. The Labute approximate surface area is 160 Å². The molecule has 1 heterocycles. The maximum atomic E-state index is 13.0. The van der Waals surface area contributed by atoms with Gasteiger partial charge in [-0.1, -0.05) is 12.1 Å². The normalized spacial score (nSPS) is 13.9. The summed E-state index contributed by atoms with van der Waals surface area (Å²) >= 11 is 0. The van der Waals surface area contributed by atoms with Crippen LogP contribution in [0.3, 0.4) is 0 Å². The summed E-state index contributed by atoms with van der Waals surface area (Å²) in [5.41, 5.74) is -0.00454. The fourth-order valence-corrected chi connectivity index (χ4v) is 2.67.